The molecule has 1 saturated heterocycles. The molecule has 134 valence electrons. The lowest BCUT2D eigenvalue weighted by molar-refractivity contribution is -0.138. The number of nitrogens with one attached hydrogen (secondary N) is 1. The highest BCUT2D eigenvalue weighted by atomic mass is 16.4. The predicted molar refractivity (Wildman–Crippen MR) is 95.3 cm³/mol. The molecular weight excluding hydrogens is 318 g/mol. The second-order valence-corrected chi connectivity index (χ2v) is 6.93. The fourth-order valence-corrected chi connectivity index (χ4v) is 3.59. The average Bonchev–Trinajstić information content (AvgIpc) is 2.86. The minimum absolute atomic E-state index is 0.133. The van der Waals surface area contributed by atoms with Crippen molar-refractivity contribution in [2.75, 3.05) is 13.1 Å². The van der Waals surface area contributed by atoms with Gasteiger partial charge in [-0.2, -0.15) is 0 Å². The lowest BCUT2D eigenvalue weighted by Crippen LogP contribution is -2.32. The number of hydrogen-bond acceptors (Lipinski definition) is 3. The van der Waals surface area contributed by atoms with Gasteiger partial charge < -0.3 is 15.0 Å². The lowest BCUT2D eigenvalue weighted by Gasteiger charge is -2.20. The van der Waals surface area contributed by atoms with E-state index in [0.29, 0.717) is 19.4 Å². The molecule has 0 radical (unpaired) electrons. The Morgan fingerprint density at radius 2 is 2.16 bits per heavy atom. The van der Waals surface area contributed by atoms with Crippen molar-refractivity contribution in [3.63, 3.8) is 0 Å². The first-order valence-electron chi connectivity index (χ1n) is 8.96. The van der Waals surface area contributed by atoms with Crippen LogP contribution in [0.2, 0.25) is 0 Å². The summed E-state index contributed by atoms with van der Waals surface area (Å²) in [6, 6.07) is 6.02. The van der Waals surface area contributed by atoms with Gasteiger partial charge in [-0.3, -0.25) is 9.59 Å². The number of imidazole rings is 1. The number of nitrogens with zero attached hydrogens (tertiary/aromatic N) is 2. The highest BCUT2D eigenvalue weighted by molar-refractivity contribution is 5.79. The van der Waals surface area contributed by atoms with Crippen molar-refractivity contribution in [3.05, 3.63) is 29.6 Å². The van der Waals surface area contributed by atoms with Gasteiger partial charge in [0.2, 0.25) is 5.91 Å². The van der Waals surface area contributed by atoms with Gasteiger partial charge >= 0.3 is 5.97 Å². The standard InChI is InChI=1S/C19H25N3O3/c1-13-4-2-6-15-19(13)21-16(20-15)7-8-17(23)22-10-3-5-14(9-11-22)12-18(24)25/h2,4,6,14H,3,5,7-12H2,1H3,(H,20,21)(H,24,25). The van der Waals surface area contributed by atoms with Crippen LogP contribution in [0.4, 0.5) is 0 Å². The molecule has 1 aromatic heterocycles. The number of likely N-dealkylation sites (tertiary alicyclic amines) is 1. The SMILES string of the molecule is Cc1cccc2[nH]c(CCC(=O)N3CCCC(CC(=O)O)CC3)nc12. The summed E-state index contributed by atoms with van der Waals surface area (Å²) in [5, 5.41) is 8.93. The van der Waals surface area contributed by atoms with Gasteiger partial charge in [0.25, 0.3) is 0 Å². The van der Waals surface area contributed by atoms with Crippen LogP contribution < -0.4 is 0 Å². The molecular formula is C19H25N3O3. The first kappa shape index (κ1) is 17.5. The monoisotopic (exact) mass is 343 g/mol. The van der Waals surface area contributed by atoms with Crippen LogP contribution in [0.1, 0.15) is 43.5 Å². The van der Waals surface area contributed by atoms with Crippen LogP contribution in [0.5, 0.6) is 0 Å². The molecule has 0 spiro atoms. The summed E-state index contributed by atoms with van der Waals surface area (Å²) in [6.45, 7) is 3.42. The molecule has 2 aromatic rings. The minimum atomic E-state index is -0.745. The van der Waals surface area contributed by atoms with Gasteiger partial charge in [0.15, 0.2) is 0 Å². The van der Waals surface area contributed by atoms with Crippen molar-refractivity contribution >= 4 is 22.9 Å². The molecule has 25 heavy (non-hydrogen) atoms. The minimum Gasteiger partial charge on any atom is -0.481 e. The Bertz CT molecular complexity index is 768. The van der Waals surface area contributed by atoms with Crippen LogP contribution in [0.3, 0.4) is 0 Å². The number of aliphatic carboxylic acids is 1. The number of hydrogen-bond donors (Lipinski definition) is 2. The Balaban J connectivity index is 1.55. The molecule has 3 rings (SSSR count). The van der Waals surface area contributed by atoms with E-state index in [0.717, 1.165) is 48.2 Å². The zero-order valence-electron chi connectivity index (χ0n) is 14.6. The quantitative estimate of drug-likeness (QED) is 0.874. The van der Waals surface area contributed by atoms with Crippen molar-refractivity contribution in [1.82, 2.24) is 14.9 Å². The highest BCUT2D eigenvalue weighted by Crippen LogP contribution is 2.21. The number of benzene rings is 1. The fourth-order valence-electron chi connectivity index (χ4n) is 3.59. The number of aromatic nitrogens is 2. The number of rotatable bonds is 5. The molecule has 0 saturated carbocycles. The van der Waals surface area contributed by atoms with E-state index in [2.05, 4.69) is 9.97 Å². The Kier molecular flexibility index (Phi) is 5.36. The third-order valence-corrected chi connectivity index (χ3v) is 5.00. The van der Waals surface area contributed by atoms with Crippen LogP contribution in [0, 0.1) is 12.8 Å². The zero-order chi connectivity index (χ0) is 17.8. The van der Waals surface area contributed by atoms with E-state index in [-0.39, 0.29) is 18.2 Å². The topological polar surface area (TPSA) is 86.3 Å². The molecule has 0 aliphatic carbocycles. The molecule has 1 amide bonds. The molecule has 1 atom stereocenters. The maximum absolute atomic E-state index is 12.5. The summed E-state index contributed by atoms with van der Waals surface area (Å²) in [7, 11) is 0. The van der Waals surface area contributed by atoms with Gasteiger partial charge in [-0.1, -0.05) is 12.1 Å². The van der Waals surface area contributed by atoms with Gasteiger partial charge in [-0.25, -0.2) is 4.98 Å². The second kappa shape index (κ2) is 7.68. The van der Waals surface area contributed by atoms with Crippen LogP contribution in [-0.4, -0.2) is 44.9 Å². The van der Waals surface area contributed by atoms with Crippen LogP contribution in [0.15, 0.2) is 18.2 Å². The largest absolute Gasteiger partial charge is 0.481 e. The fraction of sp³-hybridized carbons (Fsp3) is 0.526. The smallest absolute Gasteiger partial charge is 0.303 e. The summed E-state index contributed by atoms with van der Waals surface area (Å²) in [4.78, 5) is 33.1. The van der Waals surface area contributed by atoms with E-state index in [9.17, 15) is 9.59 Å². The summed E-state index contributed by atoms with van der Waals surface area (Å²) in [5.41, 5.74) is 3.10. The number of aryl methyl sites for hydroxylation is 2. The molecule has 6 nitrogen and oxygen atoms in total. The van der Waals surface area contributed by atoms with Crippen LogP contribution in [-0.2, 0) is 16.0 Å². The number of H-pyrrole nitrogens is 1. The Labute approximate surface area is 147 Å². The van der Waals surface area contributed by atoms with Crippen molar-refractivity contribution in [2.45, 2.75) is 45.4 Å². The maximum Gasteiger partial charge on any atom is 0.303 e. The number of fused-ring (bicyclic) bond motifs is 1. The molecule has 1 unspecified atom stereocenters. The maximum atomic E-state index is 12.5. The van der Waals surface area contributed by atoms with Crippen molar-refractivity contribution < 1.29 is 14.7 Å². The predicted octanol–water partition coefficient (Wildman–Crippen LogP) is 2.91. The Hall–Kier alpha value is -2.37. The van der Waals surface area contributed by atoms with Crippen molar-refractivity contribution in [1.29, 1.82) is 0 Å². The molecule has 1 fully saturated rings. The number of aromatic amines is 1. The summed E-state index contributed by atoms with van der Waals surface area (Å²) >= 11 is 0. The average molecular weight is 343 g/mol. The van der Waals surface area contributed by atoms with Crippen LogP contribution in [0.25, 0.3) is 11.0 Å². The Morgan fingerprint density at radius 1 is 1.32 bits per heavy atom. The molecule has 1 aliphatic rings. The van der Waals surface area contributed by atoms with Crippen molar-refractivity contribution in [3.8, 4) is 0 Å². The van der Waals surface area contributed by atoms with Gasteiger partial charge in [0.1, 0.15) is 5.82 Å². The Morgan fingerprint density at radius 3 is 2.92 bits per heavy atom. The highest BCUT2D eigenvalue weighted by Gasteiger charge is 2.22. The van der Waals surface area contributed by atoms with Gasteiger partial charge in [-0.15, -0.1) is 0 Å². The van der Waals surface area contributed by atoms with E-state index in [1.807, 2.05) is 30.0 Å². The first-order chi connectivity index (χ1) is 12.0. The third-order valence-electron chi connectivity index (χ3n) is 5.00. The third kappa shape index (κ3) is 4.38. The molecule has 1 aromatic carbocycles. The number of para-hydroxylation sites is 1. The number of carbonyl (C=O) groups is 2. The molecule has 6 heteroatoms. The number of amides is 1. The van der Waals surface area contributed by atoms with Crippen LogP contribution >= 0.6 is 0 Å². The lowest BCUT2D eigenvalue weighted by atomic mass is 9.97. The van der Waals surface area contributed by atoms with Gasteiger partial charge in [0, 0.05) is 32.4 Å². The number of carbonyl (C=O) groups excluding carboxylic acids is 1. The number of carboxylic acids is 1. The van der Waals surface area contributed by atoms with E-state index < -0.39 is 5.97 Å². The van der Waals surface area contributed by atoms with E-state index in [4.69, 9.17) is 5.11 Å². The summed E-state index contributed by atoms with van der Waals surface area (Å²) in [6.07, 6.45) is 3.79. The molecule has 1 aliphatic heterocycles. The number of carboxylic acid groups (broad SMARTS) is 1. The summed E-state index contributed by atoms with van der Waals surface area (Å²) in [5.74, 6) is 0.419. The van der Waals surface area contributed by atoms with Crippen molar-refractivity contribution in [2.24, 2.45) is 5.92 Å². The van der Waals surface area contributed by atoms with Gasteiger partial charge in [0.05, 0.1) is 11.0 Å². The molecule has 0 bridgehead atoms. The summed E-state index contributed by atoms with van der Waals surface area (Å²) < 4.78 is 0. The molecule has 2 N–H and O–H groups in total. The van der Waals surface area contributed by atoms with E-state index >= 15 is 0 Å². The first-order valence-corrected chi connectivity index (χ1v) is 8.96. The van der Waals surface area contributed by atoms with Gasteiger partial charge in [-0.05, 0) is 43.7 Å². The zero-order valence-corrected chi connectivity index (χ0v) is 14.6. The molecule has 2 heterocycles. The normalized spacial score (nSPS) is 18.3. The van der Waals surface area contributed by atoms with E-state index in [1.165, 1.54) is 0 Å². The second-order valence-electron chi connectivity index (χ2n) is 6.93. The van der Waals surface area contributed by atoms with E-state index in [1.54, 1.807) is 0 Å².